The van der Waals surface area contributed by atoms with E-state index in [4.69, 9.17) is 5.73 Å². The van der Waals surface area contributed by atoms with E-state index >= 15 is 0 Å². The maximum absolute atomic E-state index is 10.9. The Hall–Kier alpha value is -0.550. The van der Waals surface area contributed by atoms with Crippen molar-refractivity contribution in [2.75, 3.05) is 18.8 Å². The van der Waals surface area contributed by atoms with Crippen LogP contribution in [0.25, 0.3) is 0 Å². The lowest BCUT2D eigenvalue weighted by molar-refractivity contribution is -0.142. The molecule has 0 radical (unpaired) electrons. The maximum Gasteiger partial charge on any atom is 0.242 e. The summed E-state index contributed by atoms with van der Waals surface area (Å²) >= 11 is 3.90. The Bertz CT molecular complexity index is 161. The second kappa shape index (κ2) is 5.15. The van der Waals surface area contributed by atoms with Crippen molar-refractivity contribution in [3.05, 3.63) is 0 Å². The first-order chi connectivity index (χ1) is 5.13. The number of rotatable bonds is 3. The number of carbonyl (C=O) groups is 2. The smallest absolute Gasteiger partial charge is 0.242 e. The number of thiol groups is 1. The van der Waals surface area contributed by atoms with Gasteiger partial charge >= 0.3 is 0 Å². The largest absolute Gasteiger partial charge is 0.322 e. The normalized spacial score (nSPS) is 9.36. The molecule has 0 aromatic heterocycles. The molecule has 0 atom stereocenters. The third-order valence-electron chi connectivity index (χ3n) is 1.18. The molecule has 0 spiro atoms. The minimum Gasteiger partial charge on any atom is -0.322 e. The van der Waals surface area contributed by atoms with Crippen LogP contribution < -0.4 is 5.73 Å². The van der Waals surface area contributed by atoms with E-state index in [0.29, 0.717) is 12.3 Å². The van der Waals surface area contributed by atoms with Crippen LogP contribution in [0.2, 0.25) is 0 Å². The van der Waals surface area contributed by atoms with Crippen molar-refractivity contribution in [3.63, 3.8) is 0 Å². The standard InChI is InChI=1S/C6H12N2O2S/c1-5(9)8(2-3-11)6(10)4-7/h11H,2-4,7H2,1H3. The summed E-state index contributed by atoms with van der Waals surface area (Å²) in [5.74, 6) is -0.174. The molecule has 4 nitrogen and oxygen atoms in total. The predicted molar refractivity (Wildman–Crippen MR) is 45.3 cm³/mol. The van der Waals surface area contributed by atoms with Gasteiger partial charge in [0.1, 0.15) is 0 Å². The maximum atomic E-state index is 10.9. The third kappa shape index (κ3) is 3.38. The summed E-state index contributed by atoms with van der Waals surface area (Å²) < 4.78 is 0. The summed E-state index contributed by atoms with van der Waals surface area (Å²) in [5, 5.41) is 0. The summed E-state index contributed by atoms with van der Waals surface area (Å²) in [4.78, 5) is 22.7. The van der Waals surface area contributed by atoms with Crippen LogP contribution in [0.3, 0.4) is 0 Å². The van der Waals surface area contributed by atoms with Crippen LogP contribution in [0.15, 0.2) is 0 Å². The zero-order chi connectivity index (χ0) is 8.85. The summed E-state index contributed by atoms with van der Waals surface area (Å²) in [6.45, 7) is 1.53. The first kappa shape index (κ1) is 10.4. The number of hydrogen-bond donors (Lipinski definition) is 2. The molecule has 0 saturated carbocycles. The number of nitrogens with zero attached hydrogens (tertiary/aromatic N) is 1. The lowest BCUT2D eigenvalue weighted by Crippen LogP contribution is -2.40. The molecular weight excluding hydrogens is 164 g/mol. The van der Waals surface area contributed by atoms with E-state index in [1.54, 1.807) is 0 Å². The molecular formula is C6H12N2O2S. The molecule has 11 heavy (non-hydrogen) atoms. The van der Waals surface area contributed by atoms with Crippen LogP contribution in [0.5, 0.6) is 0 Å². The van der Waals surface area contributed by atoms with E-state index in [9.17, 15) is 9.59 Å². The van der Waals surface area contributed by atoms with Crippen molar-refractivity contribution < 1.29 is 9.59 Å². The van der Waals surface area contributed by atoms with Gasteiger partial charge in [0.2, 0.25) is 11.8 Å². The van der Waals surface area contributed by atoms with Gasteiger partial charge in [-0.15, -0.1) is 0 Å². The van der Waals surface area contributed by atoms with Crippen molar-refractivity contribution in [2.24, 2.45) is 5.73 Å². The van der Waals surface area contributed by atoms with Gasteiger partial charge in [0, 0.05) is 19.2 Å². The van der Waals surface area contributed by atoms with Crippen LogP contribution in [-0.2, 0) is 9.59 Å². The van der Waals surface area contributed by atoms with Gasteiger partial charge in [0.25, 0.3) is 0 Å². The van der Waals surface area contributed by atoms with Crippen LogP contribution in [-0.4, -0.2) is 35.6 Å². The summed E-state index contributed by atoms with van der Waals surface area (Å²) in [5.41, 5.74) is 5.07. The molecule has 0 aliphatic carbocycles. The average molecular weight is 176 g/mol. The Kier molecular flexibility index (Phi) is 4.89. The molecule has 0 bridgehead atoms. The van der Waals surface area contributed by atoms with Gasteiger partial charge in [-0.2, -0.15) is 12.6 Å². The van der Waals surface area contributed by atoms with Crippen molar-refractivity contribution in [1.82, 2.24) is 4.90 Å². The Balaban J connectivity index is 4.09. The lowest BCUT2D eigenvalue weighted by Gasteiger charge is -2.16. The van der Waals surface area contributed by atoms with Gasteiger partial charge in [-0.25, -0.2) is 0 Å². The van der Waals surface area contributed by atoms with Crippen LogP contribution in [0, 0.1) is 0 Å². The number of hydrogen-bond acceptors (Lipinski definition) is 4. The van der Waals surface area contributed by atoms with Crippen LogP contribution in [0.1, 0.15) is 6.92 Å². The van der Waals surface area contributed by atoms with Gasteiger partial charge < -0.3 is 5.73 Å². The molecule has 0 aromatic carbocycles. The SMILES string of the molecule is CC(=O)N(CCS)C(=O)CN. The molecule has 0 aliphatic rings. The zero-order valence-corrected chi connectivity index (χ0v) is 7.30. The molecule has 0 fully saturated rings. The first-order valence-electron chi connectivity index (χ1n) is 3.25. The lowest BCUT2D eigenvalue weighted by atomic mass is 10.4. The fourth-order valence-electron chi connectivity index (χ4n) is 0.668. The Morgan fingerprint density at radius 3 is 2.36 bits per heavy atom. The number of imide groups is 1. The van der Waals surface area contributed by atoms with Gasteiger partial charge in [0.15, 0.2) is 0 Å². The van der Waals surface area contributed by atoms with Gasteiger partial charge in [-0.05, 0) is 0 Å². The van der Waals surface area contributed by atoms with Crippen LogP contribution in [0.4, 0.5) is 0 Å². The van der Waals surface area contributed by atoms with Crippen molar-refractivity contribution in [2.45, 2.75) is 6.92 Å². The van der Waals surface area contributed by atoms with Crippen molar-refractivity contribution in [3.8, 4) is 0 Å². The summed E-state index contributed by atoms with van der Waals surface area (Å²) in [6.07, 6.45) is 0. The van der Waals surface area contributed by atoms with E-state index in [0.717, 1.165) is 4.90 Å². The molecule has 2 amide bonds. The molecule has 64 valence electrons. The van der Waals surface area contributed by atoms with Crippen LogP contribution >= 0.6 is 12.6 Å². The van der Waals surface area contributed by atoms with Gasteiger partial charge in [-0.3, -0.25) is 14.5 Å². The quantitative estimate of drug-likeness (QED) is 0.556. The monoisotopic (exact) mass is 176 g/mol. The Morgan fingerprint density at radius 2 is 2.09 bits per heavy atom. The van der Waals surface area contributed by atoms with Crippen molar-refractivity contribution >= 4 is 24.4 Å². The first-order valence-corrected chi connectivity index (χ1v) is 3.88. The number of nitrogens with two attached hydrogens (primary N) is 1. The molecule has 0 aromatic rings. The molecule has 2 N–H and O–H groups in total. The number of amides is 2. The molecule has 5 heteroatoms. The molecule has 0 saturated heterocycles. The third-order valence-corrected chi connectivity index (χ3v) is 1.38. The van der Waals surface area contributed by atoms with E-state index in [2.05, 4.69) is 12.6 Å². The average Bonchev–Trinajstić information content (AvgIpc) is 1.98. The molecule has 0 rings (SSSR count). The second-order valence-corrected chi connectivity index (χ2v) is 2.44. The second-order valence-electron chi connectivity index (χ2n) is 1.99. The minimum absolute atomic E-state index is 0.132. The fraction of sp³-hybridized carbons (Fsp3) is 0.667. The highest BCUT2D eigenvalue weighted by molar-refractivity contribution is 7.80. The highest BCUT2D eigenvalue weighted by atomic mass is 32.1. The molecule has 0 heterocycles. The van der Waals surface area contributed by atoms with Crippen molar-refractivity contribution in [1.29, 1.82) is 0 Å². The molecule has 0 aliphatic heterocycles. The minimum atomic E-state index is -0.355. The number of carbonyl (C=O) groups excluding carboxylic acids is 2. The summed E-state index contributed by atoms with van der Waals surface area (Å²) in [6, 6.07) is 0. The topological polar surface area (TPSA) is 63.4 Å². The molecule has 0 unspecified atom stereocenters. The zero-order valence-electron chi connectivity index (χ0n) is 6.41. The van der Waals surface area contributed by atoms with E-state index in [1.165, 1.54) is 6.92 Å². The Morgan fingerprint density at radius 1 is 1.55 bits per heavy atom. The Labute approximate surface area is 71.1 Å². The predicted octanol–water partition coefficient (Wildman–Crippen LogP) is -0.750. The van der Waals surface area contributed by atoms with E-state index < -0.39 is 0 Å². The highest BCUT2D eigenvalue weighted by Gasteiger charge is 2.14. The highest BCUT2D eigenvalue weighted by Crippen LogP contribution is 1.90. The van der Waals surface area contributed by atoms with E-state index in [-0.39, 0.29) is 18.4 Å². The van der Waals surface area contributed by atoms with E-state index in [1.807, 2.05) is 0 Å². The van der Waals surface area contributed by atoms with Gasteiger partial charge in [0.05, 0.1) is 6.54 Å². The summed E-state index contributed by atoms with van der Waals surface area (Å²) in [7, 11) is 0. The van der Waals surface area contributed by atoms with Gasteiger partial charge in [-0.1, -0.05) is 0 Å². The fourth-order valence-corrected chi connectivity index (χ4v) is 0.868.